The predicted octanol–water partition coefficient (Wildman–Crippen LogP) is 5.90. The highest BCUT2D eigenvalue weighted by Gasteiger charge is 0.00475. The van der Waals surface area contributed by atoms with Crippen LogP contribution in [0, 0.1) is 0 Å². The van der Waals surface area contributed by atoms with E-state index in [1.165, 1.54) is 0 Å². The number of rotatable bonds is 0. The zero-order valence-corrected chi connectivity index (χ0v) is 4.11. The van der Waals surface area contributed by atoms with Gasteiger partial charge >= 0.3 is 0 Å². The molecule has 0 aliphatic heterocycles. The van der Waals surface area contributed by atoms with Crippen molar-refractivity contribution >= 4 is 42.1 Å². The molecule has 0 N–H and O–H groups in total. The van der Waals surface area contributed by atoms with Gasteiger partial charge in [-0.2, -0.15) is 0 Å². The quantitative estimate of drug-likeness (QED) is 0.486. The minimum atomic E-state index is 0. The highest BCUT2D eigenvalue weighted by molar-refractivity contribution is 5.76. The smallest absolute Gasteiger partial charge is 0 e. The van der Waals surface area contributed by atoms with E-state index in [2.05, 4.69) is 0 Å². The molecule has 0 nitrogen and oxygen atoms in total. The lowest BCUT2D eigenvalue weighted by atomic mass is 10.8. The normalized spacial score (nSPS) is 0. The molecule has 0 heterocycles. The molecule has 0 aromatic heterocycles. The molecule has 15 radical (unpaired) electrons. The van der Waals surface area contributed by atoms with Crippen LogP contribution < -0.4 is 0 Å². The van der Waals surface area contributed by atoms with Crippen molar-refractivity contribution in [2.75, 3.05) is 0 Å². The molecule has 0 saturated carbocycles. The summed E-state index contributed by atoms with van der Waals surface area (Å²) in [5.74, 6) is 0. The Balaban J connectivity index is 0. The van der Waals surface area contributed by atoms with E-state index in [-0.39, 0.29) is 136 Å². The van der Waals surface area contributed by atoms with Crippen LogP contribution in [0.15, 0.2) is 0 Å². The van der Waals surface area contributed by atoms with E-state index in [4.69, 9.17) is 0 Å². The first-order chi connectivity index (χ1) is 0. The molecule has 0 aromatic rings. The molecule has 0 fully saturated rings. The summed E-state index contributed by atoms with van der Waals surface area (Å²) in [7, 11) is 0. The van der Waals surface area contributed by atoms with Crippen molar-refractivity contribution < 1.29 is 19.8 Å². The van der Waals surface area contributed by atoms with Crippen molar-refractivity contribution in [1.29, 1.82) is 0 Å². The van der Waals surface area contributed by atoms with E-state index in [1.54, 1.807) is 0 Å². The third-order valence-corrected chi connectivity index (χ3v) is 0. The van der Waals surface area contributed by atoms with Crippen molar-refractivity contribution in [1.82, 2.24) is 0 Å². The van der Waals surface area contributed by atoms with Crippen LogP contribution in [0.5, 0.6) is 0 Å². The minimum Gasteiger partial charge on any atom is -0.269 e. The number of hydrogen-bond acceptors (Lipinski definition) is 0. The Morgan fingerprint density at radius 3 is 0.222 bits per heavy atom. The Morgan fingerprint density at radius 1 is 0.222 bits per heavy atom. The van der Waals surface area contributed by atoms with Crippen LogP contribution in [-0.4, -0.2) is 42.1 Å². The van der Waals surface area contributed by atoms with Gasteiger partial charge in [-0.15, -0.1) is 0 Å². The van der Waals surface area contributed by atoms with Crippen molar-refractivity contribution in [2.45, 2.75) is 74.3 Å². The van der Waals surface area contributed by atoms with Crippen LogP contribution in [0.1, 0.15) is 80.0 Å². The number of hydrogen-bond donors (Lipinski definition) is 0. The van der Waals surface area contributed by atoms with E-state index >= 15 is 0 Å². The third kappa shape index (κ3) is 280000. The lowest BCUT2D eigenvalue weighted by Gasteiger charge is -0.270. The van der Waals surface area contributed by atoms with E-state index in [0.717, 1.165) is 0 Å². The fourth-order valence-corrected chi connectivity index (χ4v) is 0. The van der Waals surface area contributed by atoms with E-state index in [9.17, 15) is 0 Å². The molecular formula is C10H51B5F3. The van der Waals surface area contributed by atoms with E-state index in [0.29, 0.717) is 0 Å². The Labute approximate surface area is 137 Å². The lowest BCUT2D eigenvalue weighted by molar-refractivity contribution is 1.11. The van der Waals surface area contributed by atoms with Crippen LogP contribution in [0.2, 0.25) is 0 Å². The van der Waals surface area contributed by atoms with Gasteiger partial charge in [0.1, 0.15) is 0 Å². The summed E-state index contributed by atoms with van der Waals surface area (Å²) in [6.07, 6.45) is 0. The number of halogens is 3. The molecule has 0 unspecified atom stereocenters. The van der Waals surface area contributed by atoms with Gasteiger partial charge in [0.25, 0.3) is 0 Å². The second kappa shape index (κ2) is 338000. The Morgan fingerprint density at radius 2 is 0.222 bits per heavy atom. The van der Waals surface area contributed by atoms with Gasteiger partial charge in [-0.1, -0.05) is 74.3 Å². The molecule has 8 heteroatoms. The van der Waals surface area contributed by atoms with Crippen LogP contribution in [-0.2, 0) is 0 Å². The fourth-order valence-electron chi connectivity index (χ4n) is 0. The molecule has 0 atom stereocenters. The lowest BCUT2D eigenvalue weighted by Crippen LogP contribution is -0.382. The summed E-state index contributed by atoms with van der Waals surface area (Å²) in [5.41, 5.74) is 0. The fraction of sp³-hybridized carbons (Fsp3) is 1.00. The Kier molecular flexibility index (Phi) is 7580000000. The van der Waals surface area contributed by atoms with Crippen molar-refractivity contribution in [3.8, 4) is 0 Å². The third-order valence-electron chi connectivity index (χ3n) is 0. The molecule has 0 bridgehead atoms. The molecule has 0 spiro atoms. The largest absolute Gasteiger partial charge is 0.269 e. The topological polar surface area (TPSA) is 0 Å². The second-order valence-corrected chi connectivity index (χ2v) is 0. The van der Waals surface area contributed by atoms with Crippen molar-refractivity contribution in [2.24, 2.45) is 0 Å². The van der Waals surface area contributed by atoms with Crippen LogP contribution >= 0.6 is 0 Å². The monoisotopic (exact) mass is 287 g/mol. The van der Waals surface area contributed by atoms with Gasteiger partial charge in [-0.3, -0.25) is 14.1 Å². The zero-order valence-electron chi connectivity index (χ0n) is 4.11. The van der Waals surface area contributed by atoms with Gasteiger partial charge in [0, 0.05) is 47.8 Å². The second-order valence-electron chi connectivity index (χ2n) is 0. The molecule has 0 rings (SSSR count). The average Bonchev–Trinajstić information content (AvgIpc) is 0. The van der Waals surface area contributed by atoms with Gasteiger partial charge < -0.3 is 0 Å². The maximum absolute atomic E-state index is 0. The molecule has 127 valence electrons. The minimum absolute atomic E-state index is 0. The highest BCUT2D eigenvalue weighted by atomic mass is 19.0. The maximum Gasteiger partial charge on any atom is 0 e. The van der Waals surface area contributed by atoms with Crippen molar-refractivity contribution in [3.63, 3.8) is 0 Å². The SMILES string of the molecule is C.C.C.C.C.C.C.C.C.C.F.F.F.[2HH].[2HH].[2HH].[2HH].[B].[B].[B].[B].[B]. The Bertz CT molecular complexity index is 40.5. The first-order valence-corrected chi connectivity index (χ1v) is 0. The van der Waals surface area contributed by atoms with Gasteiger partial charge in [0.2, 0.25) is 0 Å². The van der Waals surface area contributed by atoms with Crippen LogP contribution in [0.4, 0.5) is 14.1 Å². The summed E-state index contributed by atoms with van der Waals surface area (Å²) in [6.45, 7) is 0. The molecule has 18 heavy (non-hydrogen) atoms. The average molecular weight is 287 g/mol. The highest BCUT2D eigenvalue weighted by Crippen LogP contribution is 0.422. The van der Waals surface area contributed by atoms with Gasteiger partial charge in [-0.25, -0.2) is 0 Å². The molecule has 0 aliphatic carbocycles. The van der Waals surface area contributed by atoms with Gasteiger partial charge in [-0.05, 0) is 0 Å². The molecule has 0 aliphatic rings. The summed E-state index contributed by atoms with van der Waals surface area (Å²) < 4.78 is 0. The van der Waals surface area contributed by atoms with Gasteiger partial charge in [0.15, 0.2) is 0 Å². The van der Waals surface area contributed by atoms with Crippen LogP contribution in [0.25, 0.3) is 0 Å². The molecular weight excluding hydrogens is 231 g/mol. The molecule has 0 amide bonds. The summed E-state index contributed by atoms with van der Waals surface area (Å²) in [4.78, 5) is 0. The van der Waals surface area contributed by atoms with Crippen molar-refractivity contribution in [3.05, 3.63) is 0 Å². The predicted molar refractivity (Wildman–Crippen MR) is 112 cm³/mol. The van der Waals surface area contributed by atoms with E-state index < -0.39 is 0 Å². The van der Waals surface area contributed by atoms with Gasteiger partial charge in [0.05, 0.1) is 0 Å². The Hall–Kier alpha value is 0.115. The standard InChI is InChI=1S/10CH4.5B.3FH.4H2/h10*1H4;;;;;;7*1H/i;;;;;;;;;;;;;;;;;;4*1+1. The summed E-state index contributed by atoms with van der Waals surface area (Å²) in [5, 5.41) is 0. The first-order valence-electron chi connectivity index (χ1n) is 0. The van der Waals surface area contributed by atoms with Crippen LogP contribution in [0.3, 0.4) is 0 Å². The summed E-state index contributed by atoms with van der Waals surface area (Å²) >= 11 is 0. The zero-order chi connectivity index (χ0) is 0. The maximum atomic E-state index is 0. The van der Waals surface area contributed by atoms with E-state index in [1.807, 2.05) is 0 Å². The molecule has 0 saturated heterocycles. The summed E-state index contributed by atoms with van der Waals surface area (Å²) in [6, 6.07) is 0. The first kappa shape index (κ1) is 403000. The molecule has 0 aromatic carbocycles.